The van der Waals surface area contributed by atoms with Crippen molar-refractivity contribution in [3.63, 3.8) is 0 Å². The number of rotatable bonds is 7. The fraction of sp³-hybridized carbons (Fsp3) is 0.455. The van der Waals surface area contributed by atoms with Gasteiger partial charge in [0.25, 0.3) is 5.91 Å². The van der Waals surface area contributed by atoms with Crippen molar-refractivity contribution in [2.45, 2.75) is 52.0 Å². The van der Waals surface area contributed by atoms with Crippen LogP contribution in [0.5, 0.6) is 0 Å². The normalized spacial score (nSPS) is 17.0. The van der Waals surface area contributed by atoms with E-state index in [1.165, 1.54) is 28.2 Å². The quantitative estimate of drug-likeness (QED) is 0.704. The van der Waals surface area contributed by atoms with Crippen molar-refractivity contribution in [2.24, 2.45) is 5.92 Å². The molecule has 1 aliphatic rings. The summed E-state index contributed by atoms with van der Waals surface area (Å²) in [5, 5.41) is 2.98. The summed E-state index contributed by atoms with van der Waals surface area (Å²) < 4.78 is 5.27. The molecule has 1 amide bonds. The van der Waals surface area contributed by atoms with E-state index in [0.717, 1.165) is 31.2 Å². The predicted octanol–water partition coefficient (Wildman–Crippen LogP) is 4.69. The Morgan fingerprint density at radius 3 is 2.81 bits per heavy atom. The Bertz CT molecular complexity index is 784. The topological polar surface area (TPSA) is 55.4 Å². The van der Waals surface area contributed by atoms with Crippen LogP contribution in [0.4, 0.5) is 0 Å². The Kier molecular flexibility index (Phi) is 6.67. The third kappa shape index (κ3) is 5.19. The van der Waals surface area contributed by atoms with Crippen LogP contribution >= 0.6 is 11.3 Å². The molecule has 1 aliphatic carbocycles. The van der Waals surface area contributed by atoms with Crippen LogP contribution in [-0.2, 0) is 22.4 Å². The van der Waals surface area contributed by atoms with Crippen LogP contribution in [0.25, 0.3) is 0 Å². The summed E-state index contributed by atoms with van der Waals surface area (Å²) in [7, 11) is 0. The molecule has 0 spiro atoms. The first-order chi connectivity index (χ1) is 13.1. The summed E-state index contributed by atoms with van der Waals surface area (Å²) in [6.07, 6.45) is 5.03. The summed E-state index contributed by atoms with van der Waals surface area (Å²) in [4.78, 5) is 26.5. The van der Waals surface area contributed by atoms with Crippen LogP contribution < -0.4 is 5.32 Å². The molecule has 0 bridgehead atoms. The summed E-state index contributed by atoms with van der Waals surface area (Å²) in [6, 6.07) is 11.8. The average Bonchev–Trinajstić information content (AvgIpc) is 3.09. The number of amides is 1. The highest BCUT2D eigenvalue weighted by Crippen LogP contribution is 2.32. The molecule has 0 saturated carbocycles. The second-order valence-electron chi connectivity index (χ2n) is 7.30. The second-order valence-corrected chi connectivity index (χ2v) is 8.44. The van der Waals surface area contributed by atoms with Crippen LogP contribution in [0, 0.1) is 5.92 Å². The molecule has 144 valence electrons. The number of benzene rings is 1. The minimum absolute atomic E-state index is 0.0575. The van der Waals surface area contributed by atoms with E-state index >= 15 is 0 Å². The molecule has 1 aromatic carbocycles. The summed E-state index contributed by atoms with van der Waals surface area (Å²) in [5.41, 5.74) is 2.33. The molecule has 1 heterocycles. The fourth-order valence-corrected chi connectivity index (χ4v) is 4.64. The smallest absolute Gasteiger partial charge is 0.348 e. The van der Waals surface area contributed by atoms with E-state index in [1.807, 2.05) is 36.4 Å². The molecule has 2 atom stereocenters. The van der Waals surface area contributed by atoms with E-state index < -0.39 is 5.97 Å². The Labute approximate surface area is 164 Å². The maximum Gasteiger partial charge on any atom is 0.348 e. The molecule has 0 radical (unpaired) electrons. The number of nitrogens with one attached hydrogen (secondary N) is 1. The van der Waals surface area contributed by atoms with Crippen LogP contribution in [0.3, 0.4) is 0 Å². The molecule has 0 unspecified atom stereocenters. The lowest BCUT2D eigenvalue weighted by Crippen LogP contribution is -2.32. The first-order valence-electron chi connectivity index (χ1n) is 9.69. The number of thiophene rings is 1. The zero-order valence-electron chi connectivity index (χ0n) is 16.0. The molecular formula is C22H27NO3S. The van der Waals surface area contributed by atoms with Gasteiger partial charge in [-0.3, -0.25) is 4.79 Å². The highest BCUT2D eigenvalue weighted by atomic mass is 32.1. The number of esters is 1. The standard InChI is InChI=1S/C22H27NO3S/c1-3-7-18(16-8-5-4-6-9-16)23-21(24)14-26-22(25)20-13-17-12-15(2)10-11-19(17)27-20/h4-6,8-9,13,15,18H,3,7,10-12,14H2,1-2H3,(H,23,24)/t15-,18-/m0/s1. The molecular weight excluding hydrogens is 358 g/mol. The highest BCUT2D eigenvalue weighted by molar-refractivity contribution is 7.14. The van der Waals surface area contributed by atoms with E-state index in [-0.39, 0.29) is 18.6 Å². The molecule has 1 aromatic heterocycles. The molecule has 0 fully saturated rings. The lowest BCUT2D eigenvalue weighted by Gasteiger charge is -2.18. The molecule has 27 heavy (non-hydrogen) atoms. The Morgan fingerprint density at radius 1 is 1.30 bits per heavy atom. The SMILES string of the molecule is CCC[C@H](NC(=O)COC(=O)c1cc2c(s1)CC[C@H](C)C2)c1ccccc1. The van der Waals surface area contributed by atoms with Gasteiger partial charge in [0, 0.05) is 4.88 Å². The van der Waals surface area contributed by atoms with Gasteiger partial charge in [0.2, 0.25) is 0 Å². The van der Waals surface area contributed by atoms with Crippen LogP contribution in [0.1, 0.15) is 64.8 Å². The molecule has 0 aliphatic heterocycles. The number of fused-ring (bicyclic) bond motifs is 1. The second kappa shape index (κ2) is 9.18. The summed E-state index contributed by atoms with van der Waals surface area (Å²) in [6.45, 7) is 4.08. The van der Waals surface area contributed by atoms with Gasteiger partial charge >= 0.3 is 5.97 Å². The maximum atomic E-state index is 12.3. The molecule has 4 nitrogen and oxygen atoms in total. The van der Waals surface area contributed by atoms with E-state index in [1.54, 1.807) is 0 Å². The highest BCUT2D eigenvalue weighted by Gasteiger charge is 2.22. The minimum atomic E-state index is -0.399. The lowest BCUT2D eigenvalue weighted by molar-refractivity contribution is -0.125. The summed E-state index contributed by atoms with van der Waals surface area (Å²) >= 11 is 1.51. The largest absolute Gasteiger partial charge is 0.451 e. The number of carbonyl (C=O) groups excluding carboxylic acids is 2. The first kappa shape index (κ1) is 19.6. The monoisotopic (exact) mass is 385 g/mol. The van der Waals surface area contributed by atoms with Crippen molar-refractivity contribution >= 4 is 23.2 Å². The molecule has 2 aromatic rings. The number of hydrogen-bond acceptors (Lipinski definition) is 4. The molecule has 5 heteroatoms. The number of hydrogen-bond donors (Lipinski definition) is 1. The van der Waals surface area contributed by atoms with E-state index in [2.05, 4.69) is 19.2 Å². The number of aryl methyl sites for hydroxylation is 1. The van der Waals surface area contributed by atoms with E-state index in [0.29, 0.717) is 10.8 Å². The zero-order valence-corrected chi connectivity index (χ0v) is 16.8. The van der Waals surface area contributed by atoms with Gasteiger partial charge in [0.05, 0.1) is 6.04 Å². The van der Waals surface area contributed by atoms with Gasteiger partial charge in [-0.15, -0.1) is 11.3 Å². The fourth-order valence-electron chi connectivity index (χ4n) is 3.54. The van der Waals surface area contributed by atoms with Crippen molar-refractivity contribution in [2.75, 3.05) is 6.61 Å². The van der Waals surface area contributed by atoms with Gasteiger partial charge in [-0.1, -0.05) is 50.6 Å². The first-order valence-corrected chi connectivity index (χ1v) is 10.5. The number of ether oxygens (including phenoxy) is 1. The van der Waals surface area contributed by atoms with E-state index in [9.17, 15) is 9.59 Å². The summed E-state index contributed by atoms with van der Waals surface area (Å²) in [5.74, 6) is -0.000200. The molecule has 1 N–H and O–H groups in total. The van der Waals surface area contributed by atoms with Crippen molar-refractivity contribution in [1.82, 2.24) is 5.32 Å². The third-order valence-electron chi connectivity index (χ3n) is 4.98. The van der Waals surface area contributed by atoms with Crippen molar-refractivity contribution in [3.8, 4) is 0 Å². The number of carbonyl (C=O) groups is 2. The van der Waals surface area contributed by atoms with Crippen LogP contribution in [-0.4, -0.2) is 18.5 Å². The molecule has 0 saturated heterocycles. The van der Waals surface area contributed by atoms with Crippen molar-refractivity contribution in [1.29, 1.82) is 0 Å². The zero-order chi connectivity index (χ0) is 19.2. The van der Waals surface area contributed by atoms with Gasteiger partial charge in [-0.05, 0) is 48.8 Å². The predicted molar refractivity (Wildman–Crippen MR) is 108 cm³/mol. The third-order valence-corrected chi connectivity index (χ3v) is 6.20. The van der Waals surface area contributed by atoms with Gasteiger partial charge in [-0.25, -0.2) is 4.79 Å². The van der Waals surface area contributed by atoms with Crippen LogP contribution in [0.2, 0.25) is 0 Å². The maximum absolute atomic E-state index is 12.3. The Balaban J connectivity index is 1.54. The Morgan fingerprint density at radius 2 is 2.07 bits per heavy atom. The Hall–Kier alpha value is -2.14. The van der Waals surface area contributed by atoms with Gasteiger partial charge in [-0.2, -0.15) is 0 Å². The van der Waals surface area contributed by atoms with Crippen LogP contribution in [0.15, 0.2) is 36.4 Å². The van der Waals surface area contributed by atoms with E-state index in [4.69, 9.17) is 4.74 Å². The van der Waals surface area contributed by atoms with Gasteiger partial charge in [0.15, 0.2) is 6.61 Å². The van der Waals surface area contributed by atoms with Gasteiger partial charge in [0.1, 0.15) is 4.88 Å². The molecule has 3 rings (SSSR count). The average molecular weight is 386 g/mol. The van der Waals surface area contributed by atoms with Crippen molar-refractivity contribution in [3.05, 3.63) is 57.3 Å². The minimum Gasteiger partial charge on any atom is -0.451 e. The van der Waals surface area contributed by atoms with Gasteiger partial charge < -0.3 is 10.1 Å². The van der Waals surface area contributed by atoms with Crippen molar-refractivity contribution < 1.29 is 14.3 Å². The lowest BCUT2D eigenvalue weighted by atomic mass is 9.90.